The molecule has 88 valence electrons. The van der Waals surface area contributed by atoms with Gasteiger partial charge in [-0.25, -0.2) is 0 Å². The van der Waals surface area contributed by atoms with Crippen molar-refractivity contribution in [2.75, 3.05) is 13.2 Å². The Bertz CT molecular complexity index is 314. The van der Waals surface area contributed by atoms with Crippen molar-refractivity contribution in [3.05, 3.63) is 0 Å². The van der Waals surface area contributed by atoms with Crippen molar-refractivity contribution < 1.29 is 14.3 Å². The molecule has 0 aromatic rings. The molecule has 5 aliphatic rings. The normalized spacial score (nSPS) is 52.4. The van der Waals surface area contributed by atoms with Gasteiger partial charge in [-0.3, -0.25) is 0 Å². The van der Waals surface area contributed by atoms with E-state index in [0.29, 0.717) is 11.8 Å². The molecule has 5 fully saturated rings. The molecule has 0 amide bonds. The molecular formula is C13H18O3. The van der Waals surface area contributed by atoms with Crippen LogP contribution in [0.25, 0.3) is 0 Å². The van der Waals surface area contributed by atoms with Crippen LogP contribution in [0.15, 0.2) is 0 Å². The van der Waals surface area contributed by atoms with Gasteiger partial charge in [-0.05, 0) is 38.0 Å². The van der Waals surface area contributed by atoms with E-state index < -0.39 is 0 Å². The number of ether oxygens (including phenoxy) is 2. The summed E-state index contributed by atoms with van der Waals surface area (Å²) in [6.45, 7) is 1.48. The molecule has 4 saturated carbocycles. The molecule has 0 aromatic heterocycles. The van der Waals surface area contributed by atoms with E-state index in [1.165, 1.54) is 19.1 Å². The number of hydrogen-bond donors (Lipinski definition) is 0. The first kappa shape index (κ1) is 9.60. The summed E-state index contributed by atoms with van der Waals surface area (Å²) >= 11 is 0. The average Bonchev–Trinajstić information content (AvgIpc) is 2.75. The molecule has 4 bridgehead atoms. The van der Waals surface area contributed by atoms with Crippen LogP contribution in [0, 0.1) is 23.2 Å². The van der Waals surface area contributed by atoms with E-state index >= 15 is 0 Å². The molecule has 1 aliphatic heterocycles. The van der Waals surface area contributed by atoms with Gasteiger partial charge in [0, 0.05) is 17.3 Å². The third-order valence-electron chi connectivity index (χ3n) is 5.36. The first-order valence-corrected chi connectivity index (χ1v) is 6.51. The lowest BCUT2D eigenvalue weighted by Crippen LogP contribution is -2.62. The third kappa shape index (κ3) is 0.992. The Morgan fingerprint density at radius 3 is 2.19 bits per heavy atom. The van der Waals surface area contributed by atoms with Crippen molar-refractivity contribution in [2.45, 2.75) is 37.9 Å². The molecule has 3 heteroatoms. The Morgan fingerprint density at radius 2 is 1.62 bits per heavy atom. The second-order valence-electron chi connectivity index (χ2n) is 6.24. The third-order valence-corrected chi connectivity index (χ3v) is 5.36. The second-order valence-corrected chi connectivity index (χ2v) is 6.24. The fourth-order valence-corrected chi connectivity index (χ4v) is 5.05. The zero-order valence-corrected chi connectivity index (χ0v) is 9.48. The summed E-state index contributed by atoms with van der Waals surface area (Å²) in [6, 6.07) is 0. The number of rotatable bonds is 1. The Hall–Kier alpha value is -0.410. The zero-order chi connectivity index (χ0) is 10.8. The van der Waals surface area contributed by atoms with E-state index in [4.69, 9.17) is 9.47 Å². The maximum Gasteiger partial charge on any atom is 0.174 e. The summed E-state index contributed by atoms with van der Waals surface area (Å²) in [5, 5.41) is 0. The van der Waals surface area contributed by atoms with Crippen molar-refractivity contribution in [1.29, 1.82) is 0 Å². The van der Waals surface area contributed by atoms with Crippen LogP contribution in [-0.2, 0) is 14.3 Å². The molecule has 0 N–H and O–H groups in total. The molecule has 1 spiro atoms. The van der Waals surface area contributed by atoms with Gasteiger partial charge < -0.3 is 14.3 Å². The quantitative estimate of drug-likeness (QED) is 0.634. The lowest BCUT2D eigenvalue weighted by atomic mass is 9.47. The maximum absolute atomic E-state index is 11.4. The summed E-state index contributed by atoms with van der Waals surface area (Å²) in [7, 11) is 0. The van der Waals surface area contributed by atoms with Crippen molar-refractivity contribution in [2.24, 2.45) is 23.2 Å². The van der Waals surface area contributed by atoms with Crippen molar-refractivity contribution >= 4 is 6.29 Å². The van der Waals surface area contributed by atoms with Gasteiger partial charge in [0.25, 0.3) is 0 Å². The minimum absolute atomic E-state index is 0.0168. The highest BCUT2D eigenvalue weighted by Crippen LogP contribution is 2.64. The Labute approximate surface area is 95.5 Å². The smallest absolute Gasteiger partial charge is 0.174 e. The van der Waals surface area contributed by atoms with E-state index in [1.807, 2.05) is 0 Å². The summed E-state index contributed by atoms with van der Waals surface area (Å²) in [4.78, 5) is 11.4. The summed E-state index contributed by atoms with van der Waals surface area (Å²) in [5.41, 5.74) is -0.0168. The molecule has 5 rings (SSSR count). The highest BCUT2D eigenvalue weighted by molar-refractivity contribution is 5.60. The van der Waals surface area contributed by atoms with E-state index in [0.717, 1.165) is 38.4 Å². The largest absolute Gasteiger partial charge is 0.347 e. The Kier molecular flexibility index (Phi) is 1.73. The van der Waals surface area contributed by atoms with E-state index in [-0.39, 0.29) is 11.2 Å². The van der Waals surface area contributed by atoms with Crippen molar-refractivity contribution in [3.63, 3.8) is 0 Å². The first-order chi connectivity index (χ1) is 7.76. The van der Waals surface area contributed by atoms with Crippen LogP contribution in [0.1, 0.15) is 32.1 Å². The highest BCUT2D eigenvalue weighted by atomic mass is 16.7. The lowest BCUT2D eigenvalue weighted by molar-refractivity contribution is -0.297. The molecule has 16 heavy (non-hydrogen) atoms. The summed E-state index contributed by atoms with van der Waals surface area (Å²) in [6.07, 6.45) is 6.80. The summed E-state index contributed by atoms with van der Waals surface area (Å²) < 4.78 is 11.9. The molecule has 1 heterocycles. The highest BCUT2D eigenvalue weighted by Gasteiger charge is 2.64. The van der Waals surface area contributed by atoms with Gasteiger partial charge in [-0.2, -0.15) is 0 Å². The standard InChI is InChI=1S/C13H18O3/c14-8-12-5-9-3-10(6-12)13(11(4-9)7-12)15-1-2-16-13/h8-11H,1-7H2. The molecule has 2 unspecified atom stereocenters. The van der Waals surface area contributed by atoms with E-state index in [1.54, 1.807) is 0 Å². The van der Waals surface area contributed by atoms with Gasteiger partial charge in [0.2, 0.25) is 0 Å². The predicted octanol–water partition coefficient (Wildman–Crippen LogP) is 1.75. The van der Waals surface area contributed by atoms with Crippen LogP contribution in [0.2, 0.25) is 0 Å². The first-order valence-electron chi connectivity index (χ1n) is 6.51. The van der Waals surface area contributed by atoms with Crippen LogP contribution in [0.5, 0.6) is 0 Å². The molecule has 0 radical (unpaired) electrons. The number of aldehydes is 1. The van der Waals surface area contributed by atoms with Gasteiger partial charge in [0.05, 0.1) is 13.2 Å². The molecule has 2 atom stereocenters. The SMILES string of the molecule is O=CC12CC3CC(C1)C1(OCCO1)C(C3)C2. The minimum atomic E-state index is -0.288. The number of carbonyl (C=O) groups is 1. The van der Waals surface area contributed by atoms with Crippen LogP contribution in [-0.4, -0.2) is 25.3 Å². The topological polar surface area (TPSA) is 35.5 Å². The van der Waals surface area contributed by atoms with Gasteiger partial charge in [0.15, 0.2) is 5.79 Å². The van der Waals surface area contributed by atoms with E-state index in [2.05, 4.69) is 0 Å². The molecule has 3 nitrogen and oxygen atoms in total. The Balaban J connectivity index is 1.74. The molecular weight excluding hydrogens is 204 g/mol. The van der Waals surface area contributed by atoms with Crippen LogP contribution >= 0.6 is 0 Å². The van der Waals surface area contributed by atoms with Crippen LogP contribution < -0.4 is 0 Å². The van der Waals surface area contributed by atoms with Crippen LogP contribution in [0.3, 0.4) is 0 Å². The summed E-state index contributed by atoms with van der Waals surface area (Å²) in [5.74, 6) is 1.42. The lowest BCUT2D eigenvalue weighted by Gasteiger charge is -2.61. The van der Waals surface area contributed by atoms with Crippen molar-refractivity contribution in [3.8, 4) is 0 Å². The van der Waals surface area contributed by atoms with Crippen LogP contribution in [0.4, 0.5) is 0 Å². The number of hydrogen-bond acceptors (Lipinski definition) is 3. The molecule has 0 aromatic carbocycles. The van der Waals surface area contributed by atoms with Gasteiger partial charge in [0.1, 0.15) is 6.29 Å². The average molecular weight is 222 g/mol. The fraction of sp³-hybridized carbons (Fsp3) is 0.923. The van der Waals surface area contributed by atoms with Gasteiger partial charge >= 0.3 is 0 Å². The maximum atomic E-state index is 11.4. The Morgan fingerprint density at radius 1 is 1.00 bits per heavy atom. The predicted molar refractivity (Wildman–Crippen MR) is 56.7 cm³/mol. The zero-order valence-electron chi connectivity index (χ0n) is 9.48. The molecule has 1 saturated heterocycles. The minimum Gasteiger partial charge on any atom is -0.347 e. The van der Waals surface area contributed by atoms with Gasteiger partial charge in [-0.1, -0.05) is 0 Å². The van der Waals surface area contributed by atoms with Gasteiger partial charge in [-0.15, -0.1) is 0 Å². The van der Waals surface area contributed by atoms with E-state index in [9.17, 15) is 4.79 Å². The fourth-order valence-electron chi connectivity index (χ4n) is 5.05. The monoisotopic (exact) mass is 222 g/mol. The molecule has 4 aliphatic carbocycles. The second kappa shape index (κ2) is 2.88. The number of carbonyl (C=O) groups excluding carboxylic acids is 1. The van der Waals surface area contributed by atoms with Crippen molar-refractivity contribution in [1.82, 2.24) is 0 Å².